The molecule has 1 aromatic heterocycles. The molecule has 0 aliphatic rings. The predicted molar refractivity (Wildman–Crippen MR) is 99.0 cm³/mol. The summed E-state index contributed by atoms with van der Waals surface area (Å²) in [6, 6.07) is 13.0. The van der Waals surface area contributed by atoms with E-state index in [4.69, 9.17) is 4.74 Å². The van der Waals surface area contributed by atoms with E-state index in [9.17, 15) is 9.59 Å². The number of unbranched alkanes of at least 4 members (excludes halogenated alkanes) is 1. The van der Waals surface area contributed by atoms with E-state index in [1.165, 1.54) is 5.56 Å². The standard InChI is InChI=1S/C20H26N2O3/c1-3-17-9-7-10-18(14-17)25-15-19(23)21-12-4-5-13-22-16(2)8-6-11-20(22)24/h6-11,14H,3-5,12-13,15H2,1-2H3,(H,21,23). The maximum atomic E-state index is 11.8. The zero-order valence-electron chi connectivity index (χ0n) is 15.0. The molecular formula is C20H26N2O3. The molecule has 0 aliphatic heterocycles. The van der Waals surface area contributed by atoms with Crippen molar-refractivity contribution in [2.75, 3.05) is 13.2 Å². The van der Waals surface area contributed by atoms with E-state index in [0.29, 0.717) is 18.8 Å². The number of nitrogens with one attached hydrogen (secondary N) is 1. The van der Waals surface area contributed by atoms with Crippen molar-refractivity contribution >= 4 is 5.91 Å². The Hall–Kier alpha value is -2.56. The lowest BCUT2D eigenvalue weighted by Crippen LogP contribution is -2.30. The van der Waals surface area contributed by atoms with Crippen molar-refractivity contribution in [3.05, 3.63) is 64.1 Å². The molecule has 0 bridgehead atoms. The third-order valence-electron chi connectivity index (χ3n) is 4.08. The Balaban J connectivity index is 1.64. The van der Waals surface area contributed by atoms with E-state index < -0.39 is 0 Å². The lowest BCUT2D eigenvalue weighted by molar-refractivity contribution is -0.123. The van der Waals surface area contributed by atoms with Gasteiger partial charge >= 0.3 is 0 Å². The van der Waals surface area contributed by atoms with Crippen LogP contribution in [0.2, 0.25) is 0 Å². The third kappa shape index (κ3) is 6.10. The lowest BCUT2D eigenvalue weighted by Gasteiger charge is -2.10. The summed E-state index contributed by atoms with van der Waals surface area (Å²) in [5.74, 6) is 0.586. The van der Waals surface area contributed by atoms with Crippen molar-refractivity contribution in [2.45, 2.75) is 39.7 Å². The van der Waals surface area contributed by atoms with E-state index in [1.54, 1.807) is 16.7 Å². The van der Waals surface area contributed by atoms with Crippen LogP contribution in [0, 0.1) is 6.92 Å². The van der Waals surface area contributed by atoms with Gasteiger partial charge in [0.2, 0.25) is 0 Å². The van der Waals surface area contributed by atoms with Crippen molar-refractivity contribution in [3.63, 3.8) is 0 Å². The van der Waals surface area contributed by atoms with Crippen LogP contribution in [-0.2, 0) is 17.8 Å². The molecule has 5 heteroatoms. The number of aromatic nitrogens is 1. The fourth-order valence-corrected chi connectivity index (χ4v) is 2.59. The van der Waals surface area contributed by atoms with Gasteiger partial charge in [0.05, 0.1) is 0 Å². The average Bonchev–Trinajstić information content (AvgIpc) is 2.62. The SMILES string of the molecule is CCc1cccc(OCC(=O)NCCCCn2c(C)cccc2=O)c1. The van der Waals surface area contributed by atoms with Gasteiger partial charge in [-0.15, -0.1) is 0 Å². The monoisotopic (exact) mass is 342 g/mol. The minimum Gasteiger partial charge on any atom is -0.484 e. The molecule has 2 aromatic rings. The molecule has 0 fully saturated rings. The average molecular weight is 342 g/mol. The Morgan fingerprint density at radius 2 is 1.96 bits per heavy atom. The number of hydrogen-bond donors (Lipinski definition) is 1. The first kappa shape index (κ1) is 18.8. The van der Waals surface area contributed by atoms with E-state index in [-0.39, 0.29) is 18.1 Å². The highest BCUT2D eigenvalue weighted by molar-refractivity contribution is 5.77. The molecule has 25 heavy (non-hydrogen) atoms. The van der Waals surface area contributed by atoms with Gasteiger partial charge in [-0.2, -0.15) is 0 Å². The van der Waals surface area contributed by atoms with Gasteiger partial charge in [0, 0.05) is 24.8 Å². The maximum Gasteiger partial charge on any atom is 0.257 e. The summed E-state index contributed by atoms with van der Waals surface area (Å²) >= 11 is 0. The lowest BCUT2D eigenvalue weighted by atomic mass is 10.2. The number of benzene rings is 1. The normalized spacial score (nSPS) is 10.5. The number of ether oxygens (including phenoxy) is 1. The number of aryl methyl sites for hydroxylation is 2. The van der Waals surface area contributed by atoms with Gasteiger partial charge in [0.1, 0.15) is 5.75 Å². The Labute approximate surface area is 148 Å². The van der Waals surface area contributed by atoms with Crippen molar-refractivity contribution in [1.29, 1.82) is 0 Å². The molecule has 0 spiro atoms. The molecule has 0 aliphatic carbocycles. The summed E-state index contributed by atoms with van der Waals surface area (Å²) in [6.45, 7) is 5.27. The largest absolute Gasteiger partial charge is 0.484 e. The second-order valence-corrected chi connectivity index (χ2v) is 6.00. The first-order chi connectivity index (χ1) is 12.1. The second kappa shape index (κ2) is 9.67. The van der Waals surface area contributed by atoms with Gasteiger partial charge < -0.3 is 14.6 Å². The summed E-state index contributed by atoms with van der Waals surface area (Å²) in [5, 5.41) is 2.85. The van der Waals surface area contributed by atoms with Crippen molar-refractivity contribution in [3.8, 4) is 5.75 Å². The minimum absolute atomic E-state index is 0.0183. The first-order valence-corrected chi connectivity index (χ1v) is 8.75. The van der Waals surface area contributed by atoms with Crippen LogP contribution < -0.4 is 15.6 Å². The Morgan fingerprint density at radius 3 is 2.72 bits per heavy atom. The predicted octanol–water partition coefficient (Wildman–Crippen LogP) is 2.69. The van der Waals surface area contributed by atoms with Crippen LogP contribution in [0.5, 0.6) is 5.75 Å². The maximum absolute atomic E-state index is 11.8. The number of rotatable bonds is 9. The van der Waals surface area contributed by atoms with Gasteiger partial charge in [-0.1, -0.05) is 25.1 Å². The molecular weight excluding hydrogens is 316 g/mol. The van der Waals surface area contributed by atoms with Gasteiger partial charge in [0.15, 0.2) is 6.61 Å². The van der Waals surface area contributed by atoms with E-state index in [0.717, 1.165) is 25.0 Å². The van der Waals surface area contributed by atoms with E-state index in [2.05, 4.69) is 12.2 Å². The molecule has 1 amide bonds. The summed E-state index contributed by atoms with van der Waals surface area (Å²) in [6.07, 6.45) is 2.59. The molecule has 0 atom stereocenters. The number of carbonyl (C=O) groups excluding carboxylic acids is 1. The van der Waals surface area contributed by atoms with Gasteiger partial charge in [-0.3, -0.25) is 9.59 Å². The third-order valence-corrected chi connectivity index (χ3v) is 4.08. The Morgan fingerprint density at radius 1 is 1.16 bits per heavy atom. The molecule has 0 unspecified atom stereocenters. The molecule has 1 heterocycles. The van der Waals surface area contributed by atoms with Crippen LogP contribution in [0.15, 0.2) is 47.3 Å². The smallest absolute Gasteiger partial charge is 0.257 e. The summed E-state index contributed by atoms with van der Waals surface area (Å²) in [7, 11) is 0. The number of nitrogens with zero attached hydrogens (tertiary/aromatic N) is 1. The summed E-state index contributed by atoms with van der Waals surface area (Å²) in [4.78, 5) is 23.6. The molecule has 134 valence electrons. The van der Waals surface area contributed by atoms with Crippen molar-refractivity contribution < 1.29 is 9.53 Å². The van der Waals surface area contributed by atoms with Crippen LogP contribution in [0.3, 0.4) is 0 Å². The minimum atomic E-state index is -0.130. The van der Waals surface area contributed by atoms with Gasteiger partial charge in [0.25, 0.3) is 11.5 Å². The highest BCUT2D eigenvalue weighted by Gasteiger charge is 2.03. The molecule has 2 rings (SSSR count). The number of hydrogen-bond acceptors (Lipinski definition) is 3. The Kier molecular flexibility index (Phi) is 7.26. The van der Waals surface area contributed by atoms with Crippen molar-refractivity contribution in [2.24, 2.45) is 0 Å². The van der Waals surface area contributed by atoms with Gasteiger partial charge in [-0.25, -0.2) is 0 Å². The van der Waals surface area contributed by atoms with E-state index in [1.807, 2.05) is 37.3 Å². The molecule has 1 aromatic carbocycles. The number of pyridine rings is 1. The molecule has 5 nitrogen and oxygen atoms in total. The van der Waals surface area contributed by atoms with Crippen molar-refractivity contribution in [1.82, 2.24) is 9.88 Å². The Bertz CT molecular complexity index is 753. The van der Waals surface area contributed by atoms with Crippen LogP contribution in [-0.4, -0.2) is 23.6 Å². The highest BCUT2D eigenvalue weighted by atomic mass is 16.5. The summed E-state index contributed by atoms with van der Waals surface area (Å²) < 4.78 is 7.27. The summed E-state index contributed by atoms with van der Waals surface area (Å²) in [5.41, 5.74) is 2.16. The second-order valence-electron chi connectivity index (χ2n) is 6.00. The van der Waals surface area contributed by atoms with Crippen LogP contribution in [0.1, 0.15) is 31.0 Å². The van der Waals surface area contributed by atoms with Crippen LogP contribution in [0.25, 0.3) is 0 Å². The molecule has 0 saturated carbocycles. The fourth-order valence-electron chi connectivity index (χ4n) is 2.59. The van der Waals surface area contributed by atoms with Gasteiger partial charge in [-0.05, 0) is 49.9 Å². The zero-order valence-corrected chi connectivity index (χ0v) is 15.0. The van der Waals surface area contributed by atoms with Crippen LogP contribution >= 0.6 is 0 Å². The van der Waals surface area contributed by atoms with Crippen LogP contribution in [0.4, 0.5) is 0 Å². The highest BCUT2D eigenvalue weighted by Crippen LogP contribution is 2.13. The molecule has 0 radical (unpaired) electrons. The quantitative estimate of drug-likeness (QED) is 0.713. The molecule has 0 saturated heterocycles. The zero-order chi connectivity index (χ0) is 18.1. The number of amides is 1. The van der Waals surface area contributed by atoms with E-state index >= 15 is 0 Å². The number of carbonyl (C=O) groups is 1. The topological polar surface area (TPSA) is 60.3 Å². The first-order valence-electron chi connectivity index (χ1n) is 8.75. The molecule has 1 N–H and O–H groups in total. The fraction of sp³-hybridized carbons (Fsp3) is 0.400.